The molecule has 0 bridgehead atoms. The van der Waals surface area contributed by atoms with E-state index in [0.29, 0.717) is 42.9 Å². The van der Waals surface area contributed by atoms with Crippen molar-refractivity contribution in [2.45, 2.75) is 35.5 Å². The van der Waals surface area contributed by atoms with Gasteiger partial charge in [0.2, 0.25) is 0 Å². The van der Waals surface area contributed by atoms with E-state index in [4.69, 9.17) is 10.5 Å². The standard InChI is InChI=1S/C19H23N3O4S/c20-18-17(7-4-10-21-18)19(23)22-11-8-14-13-16(9-12-26-14)27(24,25)15-5-2-1-3-6-15/h1-7,10,14,16H,8-9,11-13H2,(H2,20,21)(H,22,23)/t14-,16+/m1/s1. The number of ether oxygens (including phenoxy) is 1. The highest BCUT2D eigenvalue weighted by Crippen LogP contribution is 2.27. The molecule has 1 aromatic heterocycles. The Hall–Kier alpha value is -2.45. The van der Waals surface area contributed by atoms with Crippen LogP contribution in [0.5, 0.6) is 0 Å². The van der Waals surface area contributed by atoms with Crippen molar-refractivity contribution in [1.29, 1.82) is 0 Å². The van der Waals surface area contributed by atoms with Crippen LogP contribution in [-0.2, 0) is 14.6 Å². The molecule has 2 heterocycles. The molecule has 0 spiro atoms. The number of nitrogens with zero attached hydrogens (tertiary/aromatic N) is 1. The lowest BCUT2D eigenvalue weighted by Crippen LogP contribution is -2.37. The van der Waals surface area contributed by atoms with E-state index >= 15 is 0 Å². The van der Waals surface area contributed by atoms with Crippen molar-refractivity contribution in [1.82, 2.24) is 10.3 Å². The number of carbonyl (C=O) groups excluding carboxylic acids is 1. The summed E-state index contributed by atoms with van der Waals surface area (Å²) in [6.45, 7) is 0.765. The molecule has 2 atom stereocenters. The summed E-state index contributed by atoms with van der Waals surface area (Å²) in [7, 11) is -3.38. The molecule has 1 fully saturated rings. The second kappa shape index (κ2) is 8.49. The van der Waals surface area contributed by atoms with Gasteiger partial charge in [0.1, 0.15) is 5.82 Å². The van der Waals surface area contributed by atoms with Gasteiger partial charge in [-0.3, -0.25) is 4.79 Å². The zero-order valence-corrected chi connectivity index (χ0v) is 15.7. The summed E-state index contributed by atoms with van der Waals surface area (Å²) >= 11 is 0. The molecule has 1 aliphatic rings. The number of amides is 1. The molecule has 1 aliphatic heterocycles. The van der Waals surface area contributed by atoms with Crippen LogP contribution in [-0.4, -0.2) is 43.8 Å². The summed E-state index contributed by atoms with van der Waals surface area (Å²) in [6, 6.07) is 11.7. The van der Waals surface area contributed by atoms with E-state index in [2.05, 4.69) is 10.3 Å². The molecular weight excluding hydrogens is 366 g/mol. The van der Waals surface area contributed by atoms with Crippen LogP contribution in [0.15, 0.2) is 53.6 Å². The Morgan fingerprint density at radius 1 is 1.22 bits per heavy atom. The van der Waals surface area contributed by atoms with E-state index in [1.54, 1.807) is 42.5 Å². The first-order valence-corrected chi connectivity index (χ1v) is 10.4. The average Bonchev–Trinajstić information content (AvgIpc) is 2.69. The van der Waals surface area contributed by atoms with Gasteiger partial charge < -0.3 is 15.8 Å². The van der Waals surface area contributed by atoms with Gasteiger partial charge in [-0.25, -0.2) is 13.4 Å². The van der Waals surface area contributed by atoms with E-state index in [9.17, 15) is 13.2 Å². The van der Waals surface area contributed by atoms with Crippen molar-refractivity contribution in [2.24, 2.45) is 0 Å². The van der Waals surface area contributed by atoms with E-state index in [1.165, 1.54) is 6.20 Å². The zero-order chi connectivity index (χ0) is 19.3. The Balaban J connectivity index is 1.55. The second-order valence-corrected chi connectivity index (χ2v) is 8.71. The maximum absolute atomic E-state index is 12.8. The molecule has 144 valence electrons. The number of nitrogens with two attached hydrogens (primary N) is 1. The van der Waals surface area contributed by atoms with Crippen LogP contribution in [0.2, 0.25) is 0 Å². The third-order valence-corrected chi connectivity index (χ3v) is 6.90. The molecule has 0 saturated carbocycles. The number of sulfone groups is 1. The van der Waals surface area contributed by atoms with Crippen LogP contribution >= 0.6 is 0 Å². The third kappa shape index (κ3) is 4.64. The molecule has 3 N–H and O–H groups in total. The molecule has 3 rings (SSSR count). The molecular formula is C19H23N3O4S. The van der Waals surface area contributed by atoms with Gasteiger partial charge in [0.05, 0.1) is 21.8 Å². The van der Waals surface area contributed by atoms with Gasteiger partial charge in [0.15, 0.2) is 9.84 Å². The summed E-state index contributed by atoms with van der Waals surface area (Å²) in [5.74, 6) is -0.122. The van der Waals surface area contributed by atoms with Gasteiger partial charge >= 0.3 is 0 Å². The van der Waals surface area contributed by atoms with E-state index in [-0.39, 0.29) is 17.8 Å². The highest BCUT2D eigenvalue weighted by molar-refractivity contribution is 7.92. The minimum absolute atomic E-state index is 0.179. The summed E-state index contributed by atoms with van der Waals surface area (Å²) in [6.07, 6.45) is 2.74. The lowest BCUT2D eigenvalue weighted by atomic mass is 10.1. The fourth-order valence-electron chi connectivity index (χ4n) is 3.18. The summed E-state index contributed by atoms with van der Waals surface area (Å²) in [5, 5.41) is 2.31. The Kier molecular flexibility index (Phi) is 6.08. The van der Waals surface area contributed by atoms with E-state index < -0.39 is 15.1 Å². The number of hydrogen-bond acceptors (Lipinski definition) is 6. The van der Waals surface area contributed by atoms with Gasteiger partial charge in [-0.15, -0.1) is 0 Å². The van der Waals surface area contributed by atoms with Crippen molar-refractivity contribution < 1.29 is 17.9 Å². The second-order valence-electron chi connectivity index (χ2n) is 6.48. The molecule has 0 aliphatic carbocycles. The number of hydrogen-bond donors (Lipinski definition) is 2. The van der Waals surface area contributed by atoms with Crippen molar-refractivity contribution in [3.05, 3.63) is 54.2 Å². The summed E-state index contributed by atoms with van der Waals surface area (Å²) in [4.78, 5) is 16.4. The van der Waals surface area contributed by atoms with Gasteiger partial charge in [-0.05, 0) is 43.5 Å². The molecule has 1 aromatic carbocycles. The van der Waals surface area contributed by atoms with Crippen LogP contribution in [0.4, 0.5) is 5.82 Å². The van der Waals surface area contributed by atoms with Crippen molar-refractivity contribution in [3.63, 3.8) is 0 Å². The maximum Gasteiger partial charge on any atom is 0.255 e. The first-order chi connectivity index (χ1) is 13.0. The number of nitrogen functional groups attached to an aromatic ring is 1. The van der Waals surface area contributed by atoms with Crippen LogP contribution in [0.3, 0.4) is 0 Å². The highest BCUT2D eigenvalue weighted by Gasteiger charge is 2.33. The molecule has 8 heteroatoms. The number of pyridine rings is 1. The summed E-state index contributed by atoms with van der Waals surface area (Å²) in [5.41, 5.74) is 6.02. The molecule has 0 unspecified atom stereocenters. The average molecular weight is 389 g/mol. The lowest BCUT2D eigenvalue weighted by molar-refractivity contribution is 0.0132. The summed E-state index contributed by atoms with van der Waals surface area (Å²) < 4.78 is 31.3. The van der Waals surface area contributed by atoms with Crippen LogP contribution in [0, 0.1) is 0 Å². The van der Waals surface area contributed by atoms with Crippen molar-refractivity contribution in [2.75, 3.05) is 18.9 Å². The van der Waals surface area contributed by atoms with Crippen molar-refractivity contribution >= 4 is 21.6 Å². The predicted molar refractivity (Wildman–Crippen MR) is 102 cm³/mol. The largest absolute Gasteiger partial charge is 0.383 e. The van der Waals surface area contributed by atoms with Gasteiger partial charge in [0, 0.05) is 19.3 Å². The Bertz CT molecular complexity index is 887. The highest BCUT2D eigenvalue weighted by atomic mass is 32.2. The molecule has 1 amide bonds. The van der Waals surface area contributed by atoms with Crippen LogP contribution in [0.25, 0.3) is 0 Å². The van der Waals surface area contributed by atoms with E-state index in [0.717, 1.165) is 0 Å². The van der Waals surface area contributed by atoms with Crippen LogP contribution in [0.1, 0.15) is 29.6 Å². The van der Waals surface area contributed by atoms with Gasteiger partial charge in [0.25, 0.3) is 5.91 Å². The smallest absolute Gasteiger partial charge is 0.255 e. The Morgan fingerprint density at radius 2 is 2.00 bits per heavy atom. The number of carbonyl (C=O) groups is 1. The fourth-order valence-corrected chi connectivity index (χ4v) is 4.98. The molecule has 1 saturated heterocycles. The minimum Gasteiger partial charge on any atom is -0.383 e. The molecule has 27 heavy (non-hydrogen) atoms. The zero-order valence-electron chi connectivity index (χ0n) is 14.9. The van der Waals surface area contributed by atoms with Crippen molar-refractivity contribution in [3.8, 4) is 0 Å². The van der Waals surface area contributed by atoms with Gasteiger partial charge in [-0.1, -0.05) is 18.2 Å². The molecule has 2 aromatic rings. The molecule has 0 radical (unpaired) electrons. The number of rotatable bonds is 6. The first kappa shape index (κ1) is 19.3. The quantitative estimate of drug-likeness (QED) is 0.779. The number of benzene rings is 1. The third-order valence-electron chi connectivity index (χ3n) is 4.66. The number of aromatic nitrogens is 1. The SMILES string of the molecule is Nc1ncccc1C(=O)NCC[C@@H]1C[C@@H](S(=O)(=O)c2ccccc2)CCO1. The number of nitrogens with one attached hydrogen (secondary N) is 1. The normalized spacial score (nSPS) is 20.1. The minimum atomic E-state index is -3.38. The van der Waals surface area contributed by atoms with Gasteiger partial charge in [-0.2, -0.15) is 0 Å². The number of anilines is 1. The predicted octanol–water partition coefficient (Wildman–Crippen LogP) is 1.81. The molecule has 7 nitrogen and oxygen atoms in total. The maximum atomic E-state index is 12.8. The Labute approximate surface area is 158 Å². The fraction of sp³-hybridized carbons (Fsp3) is 0.368. The van der Waals surface area contributed by atoms with Crippen LogP contribution < -0.4 is 11.1 Å². The first-order valence-electron chi connectivity index (χ1n) is 8.87. The lowest BCUT2D eigenvalue weighted by Gasteiger charge is -2.29. The monoisotopic (exact) mass is 389 g/mol. The Morgan fingerprint density at radius 3 is 2.74 bits per heavy atom. The topological polar surface area (TPSA) is 111 Å². The van der Waals surface area contributed by atoms with E-state index in [1.807, 2.05) is 0 Å².